The molecule has 0 bridgehead atoms. The van der Waals surface area contributed by atoms with Gasteiger partial charge in [-0.1, -0.05) is 36.4 Å². The summed E-state index contributed by atoms with van der Waals surface area (Å²) in [6, 6.07) is 10.6. The molecule has 0 saturated heterocycles. The molecule has 0 saturated carbocycles. The molecule has 0 aromatic heterocycles. The van der Waals surface area contributed by atoms with E-state index in [4.69, 9.17) is 0 Å². The number of hydrogen-bond acceptors (Lipinski definition) is 1. The fraction of sp³-hybridized carbons (Fsp3) is 0.333. The summed E-state index contributed by atoms with van der Waals surface area (Å²) in [5, 5.41) is 9.81. The van der Waals surface area contributed by atoms with E-state index in [0.29, 0.717) is 0 Å². The number of hydrogen-bond donors (Lipinski definition) is 1. The lowest BCUT2D eigenvalue weighted by molar-refractivity contribution is 0.113. The Morgan fingerprint density at radius 1 is 1.29 bits per heavy atom. The van der Waals surface area contributed by atoms with E-state index in [1.807, 2.05) is 13.0 Å². The van der Waals surface area contributed by atoms with Crippen LogP contribution in [-0.2, 0) is 10.9 Å². The monoisotopic (exact) mass is 247 g/mol. The van der Waals surface area contributed by atoms with E-state index in [1.54, 1.807) is 0 Å². The zero-order valence-electron chi connectivity index (χ0n) is 10.4. The number of allylic oxidation sites excluding steroid dienone is 1. The van der Waals surface area contributed by atoms with Crippen LogP contribution in [0.15, 0.2) is 59.0 Å². The minimum Gasteiger partial charge on any atom is -0.386 e. The SMILES string of the molecule is C[S+](CC1=CCC(C)(O)C=C1)c1ccccc1. The van der Waals surface area contributed by atoms with Crippen LogP contribution in [0.5, 0.6) is 0 Å². The average molecular weight is 247 g/mol. The van der Waals surface area contributed by atoms with Crippen LogP contribution < -0.4 is 0 Å². The highest BCUT2D eigenvalue weighted by Crippen LogP contribution is 2.22. The van der Waals surface area contributed by atoms with E-state index in [1.165, 1.54) is 10.5 Å². The topological polar surface area (TPSA) is 20.2 Å². The van der Waals surface area contributed by atoms with Gasteiger partial charge in [0, 0.05) is 10.9 Å². The second kappa shape index (κ2) is 5.11. The fourth-order valence-electron chi connectivity index (χ4n) is 1.85. The Kier molecular flexibility index (Phi) is 3.75. The maximum absolute atomic E-state index is 9.81. The van der Waals surface area contributed by atoms with E-state index < -0.39 is 5.60 Å². The van der Waals surface area contributed by atoms with Gasteiger partial charge < -0.3 is 5.11 Å². The van der Waals surface area contributed by atoms with Crippen molar-refractivity contribution >= 4 is 10.9 Å². The summed E-state index contributed by atoms with van der Waals surface area (Å²) < 4.78 is 0. The van der Waals surface area contributed by atoms with Crippen molar-refractivity contribution in [2.24, 2.45) is 0 Å². The molecular weight excluding hydrogens is 228 g/mol. The van der Waals surface area contributed by atoms with E-state index in [-0.39, 0.29) is 10.9 Å². The summed E-state index contributed by atoms with van der Waals surface area (Å²) in [4.78, 5) is 1.40. The molecule has 0 amide bonds. The predicted molar refractivity (Wildman–Crippen MR) is 75.3 cm³/mol. The first kappa shape index (κ1) is 12.5. The Bertz CT molecular complexity index is 431. The average Bonchev–Trinajstić information content (AvgIpc) is 2.33. The second-order valence-electron chi connectivity index (χ2n) is 4.77. The summed E-state index contributed by atoms with van der Waals surface area (Å²) in [6.07, 6.45) is 9.13. The fourth-order valence-corrected chi connectivity index (χ4v) is 3.36. The third kappa shape index (κ3) is 3.48. The molecule has 1 aliphatic carbocycles. The van der Waals surface area contributed by atoms with Gasteiger partial charge in [0.2, 0.25) is 0 Å². The minimum atomic E-state index is -0.650. The van der Waals surface area contributed by atoms with Crippen molar-refractivity contribution in [2.75, 3.05) is 12.0 Å². The summed E-state index contributed by atoms with van der Waals surface area (Å²) in [6.45, 7) is 1.85. The van der Waals surface area contributed by atoms with Gasteiger partial charge in [0.25, 0.3) is 0 Å². The Labute approximate surface area is 106 Å². The van der Waals surface area contributed by atoms with Gasteiger partial charge in [0.15, 0.2) is 4.90 Å². The molecule has 1 nitrogen and oxygen atoms in total. The molecule has 1 aromatic rings. The van der Waals surface area contributed by atoms with Crippen LogP contribution in [0, 0.1) is 0 Å². The van der Waals surface area contributed by atoms with E-state index in [9.17, 15) is 5.11 Å². The third-order valence-electron chi connectivity index (χ3n) is 2.96. The molecule has 0 fully saturated rings. The van der Waals surface area contributed by atoms with Gasteiger partial charge in [-0.05, 0) is 31.1 Å². The highest BCUT2D eigenvalue weighted by atomic mass is 32.2. The standard InChI is InChI=1S/C15H19OS/c1-15(16)10-8-13(9-11-15)12-17(2)14-6-4-3-5-7-14/h3-10,16H,11-12H2,1-2H3/q+1. The first-order valence-electron chi connectivity index (χ1n) is 5.85. The third-order valence-corrected chi connectivity index (χ3v) is 4.81. The molecule has 2 heteroatoms. The number of benzene rings is 1. The maximum atomic E-state index is 9.81. The van der Waals surface area contributed by atoms with Crippen molar-refractivity contribution in [3.8, 4) is 0 Å². The van der Waals surface area contributed by atoms with Crippen LogP contribution in [0.1, 0.15) is 13.3 Å². The molecule has 1 aromatic carbocycles. The van der Waals surface area contributed by atoms with E-state index in [0.717, 1.165) is 12.2 Å². The molecule has 0 spiro atoms. The summed E-state index contributed by atoms with van der Waals surface area (Å²) in [7, 11) is 0.243. The molecular formula is C15H19OS+. The molecule has 1 aliphatic rings. The van der Waals surface area contributed by atoms with Crippen LogP contribution >= 0.6 is 0 Å². The second-order valence-corrected chi connectivity index (χ2v) is 6.80. The summed E-state index contributed by atoms with van der Waals surface area (Å²) in [5.41, 5.74) is 0.689. The van der Waals surface area contributed by atoms with Gasteiger partial charge in [0.05, 0.1) is 5.60 Å². The molecule has 1 N–H and O–H groups in total. The van der Waals surface area contributed by atoms with Crippen molar-refractivity contribution in [1.29, 1.82) is 0 Å². The van der Waals surface area contributed by atoms with Crippen LogP contribution in [-0.4, -0.2) is 22.7 Å². The van der Waals surface area contributed by atoms with Gasteiger partial charge >= 0.3 is 0 Å². The Morgan fingerprint density at radius 2 is 2.00 bits per heavy atom. The normalized spacial score (nSPS) is 25.5. The van der Waals surface area contributed by atoms with Crippen LogP contribution in [0.3, 0.4) is 0 Å². The van der Waals surface area contributed by atoms with Gasteiger partial charge in [0.1, 0.15) is 12.0 Å². The molecule has 0 aliphatic heterocycles. The van der Waals surface area contributed by atoms with Crippen molar-refractivity contribution in [2.45, 2.75) is 23.8 Å². The molecule has 0 radical (unpaired) electrons. The van der Waals surface area contributed by atoms with Gasteiger partial charge in [-0.15, -0.1) is 0 Å². The predicted octanol–water partition coefficient (Wildman–Crippen LogP) is 2.93. The lowest BCUT2D eigenvalue weighted by atomic mass is 9.95. The van der Waals surface area contributed by atoms with E-state index in [2.05, 4.69) is 48.7 Å². The summed E-state index contributed by atoms with van der Waals surface area (Å²) >= 11 is 0. The molecule has 0 heterocycles. The lowest BCUT2D eigenvalue weighted by Crippen LogP contribution is -2.22. The Balaban J connectivity index is 2.00. The minimum absolute atomic E-state index is 0.243. The zero-order chi connectivity index (χ0) is 12.3. The van der Waals surface area contributed by atoms with Gasteiger partial charge in [-0.2, -0.15) is 0 Å². The zero-order valence-corrected chi connectivity index (χ0v) is 11.2. The molecule has 90 valence electrons. The number of rotatable bonds is 3. The summed E-state index contributed by atoms with van der Waals surface area (Å²) in [5.74, 6) is 1.07. The lowest BCUT2D eigenvalue weighted by Gasteiger charge is -2.20. The van der Waals surface area contributed by atoms with Crippen molar-refractivity contribution in [3.05, 3.63) is 54.1 Å². The number of aliphatic hydroxyl groups is 1. The van der Waals surface area contributed by atoms with Gasteiger partial charge in [-0.25, -0.2) is 0 Å². The molecule has 2 unspecified atom stereocenters. The van der Waals surface area contributed by atoms with E-state index >= 15 is 0 Å². The quantitative estimate of drug-likeness (QED) is 0.814. The van der Waals surface area contributed by atoms with Crippen LogP contribution in [0.2, 0.25) is 0 Å². The Hall–Kier alpha value is -0.990. The van der Waals surface area contributed by atoms with Gasteiger partial charge in [-0.3, -0.25) is 0 Å². The van der Waals surface area contributed by atoms with Crippen molar-refractivity contribution in [3.63, 3.8) is 0 Å². The highest BCUT2D eigenvalue weighted by Gasteiger charge is 2.22. The molecule has 17 heavy (non-hydrogen) atoms. The van der Waals surface area contributed by atoms with Crippen molar-refractivity contribution in [1.82, 2.24) is 0 Å². The maximum Gasteiger partial charge on any atom is 0.154 e. The molecule has 2 atom stereocenters. The smallest absolute Gasteiger partial charge is 0.154 e. The van der Waals surface area contributed by atoms with Crippen LogP contribution in [0.25, 0.3) is 0 Å². The first-order chi connectivity index (χ1) is 8.07. The largest absolute Gasteiger partial charge is 0.386 e. The Morgan fingerprint density at radius 3 is 2.59 bits per heavy atom. The molecule has 2 rings (SSSR count). The first-order valence-corrected chi connectivity index (χ1v) is 7.65. The highest BCUT2D eigenvalue weighted by molar-refractivity contribution is 7.96. The van der Waals surface area contributed by atoms with Crippen LogP contribution in [0.4, 0.5) is 0 Å². The van der Waals surface area contributed by atoms with Crippen molar-refractivity contribution < 1.29 is 5.11 Å².